The van der Waals surface area contributed by atoms with Gasteiger partial charge < -0.3 is 8.92 Å². The molecule has 0 N–H and O–H groups in total. The summed E-state index contributed by atoms with van der Waals surface area (Å²) in [4.78, 5) is 0.0106. The molecule has 5 nitrogen and oxygen atoms in total. The Morgan fingerprint density at radius 1 is 1.14 bits per heavy atom. The predicted molar refractivity (Wildman–Crippen MR) is 79.7 cm³/mol. The molecule has 0 saturated heterocycles. The molecule has 0 amide bonds. The average molecular weight is 368 g/mol. The van der Waals surface area contributed by atoms with Gasteiger partial charge in [0.05, 0.1) is 18.7 Å². The summed E-state index contributed by atoms with van der Waals surface area (Å²) in [5.74, 6) is 0.192. The van der Waals surface area contributed by atoms with Crippen LogP contribution in [0, 0.1) is 11.3 Å². The predicted octanol–water partition coefficient (Wildman–Crippen LogP) is 3.10. The first-order chi connectivity index (χ1) is 9.97. The molecule has 0 heterocycles. The third-order valence-corrected chi connectivity index (χ3v) is 4.85. The Morgan fingerprint density at radius 3 is 2.48 bits per heavy atom. The highest BCUT2D eigenvalue weighted by atomic mass is 79.9. The van der Waals surface area contributed by atoms with Gasteiger partial charge in [0, 0.05) is 10.5 Å². The second kappa shape index (κ2) is 6.16. The van der Waals surface area contributed by atoms with E-state index in [2.05, 4.69) is 15.9 Å². The zero-order valence-electron chi connectivity index (χ0n) is 10.9. The van der Waals surface area contributed by atoms with Gasteiger partial charge >= 0.3 is 10.1 Å². The first kappa shape index (κ1) is 15.4. The van der Waals surface area contributed by atoms with E-state index in [0.717, 1.165) is 0 Å². The lowest BCUT2D eigenvalue weighted by Crippen LogP contribution is -2.11. The fourth-order valence-electron chi connectivity index (χ4n) is 1.62. The summed E-state index contributed by atoms with van der Waals surface area (Å²) in [6.07, 6.45) is 0. The van der Waals surface area contributed by atoms with E-state index in [1.54, 1.807) is 18.2 Å². The molecule has 7 heteroatoms. The molecule has 0 unspecified atom stereocenters. The van der Waals surface area contributed by atoms with Gasteiger partial charge in [-0.2, -0.15) is 13.7 Å². The maximum Gasteiger partial charge on any atom is 0.340 e. The Hall–Kier alpha value is -2.04. The minimum absolute atomic E-state index is 0.0106. The van der Waals surface area contributed by atoms with Crippen LogP contribution < -0.4 is 8.92 Å². The Kier molecular flexibility index (Phi) is 4.50. The van der Waals surface area contributed by atoms with E-state index < -0.39 is 10.1 Å². The highest BCUT2D eigenvalue weighted by molar-refractivity contribution is 9.10. The molecule has 0 atom stereocenters. The van der Waals surface area contributed by atoms with Gasteiger partial charge in [-0.05, 0) is 40.2 Å². The summed E-state index contributed by atoms with van der Waals surface area (Å²) in [6.45, 7) is 0. The molecular formula is C14H10BrNO4S. The standard InChI is InChI=1S/C14H10BrNO4S/c1-19-13-8-10(9-16)6-7-12(13)20-21(17,18)14-5-3-2-4-11(14)15/h2-8H,1H3. The maximum atomic E-state index is 12.3. The molecule has 0 spiro atoms. The van der Waals surface area contributed by atoms with E-state index in [-0.39, 0.29) is 16.4 Å². The largest absolute Gasteiger partial charge is 0.493 e. The van der Waals surface area contributed by atoms with Crippen molar-refractivity contribution >= 4 is 26.0 Å². The number of methoxy groups -OCH3 is 1. The van der Waals surface area contributed by atoms with E-state index in [9.17, 15) is 8.42 Å². The van der Waals surface area contributed by atoms with Crippen molar-refractivity contribution in [3.63, 3.8) is 0 Å². The fraction of sp³-hybridized carbons (Fsp3) is 0.0714. The molecule has 2 aromatic rings. The number of ether oxygens (including phenoxy) is 1. The van der Waals surface area contributed by atoms with Crippen molar-refractivity contribution in [2.24, 2.45) is 0 Å². The lowest BCUT2D eigenvalue weighted by molar-refractivity contribution is 0.390. The van der Waals surface area contributed by atoms with Crippen LogP contribution in [-0.4, -0.2) is 15.5 Å². The summed E-state index contributed by atoms with van der Waals surface area (Å²) in [5, 5.41) is 8.82. The molecule has 0 aliphatic carbocycles. The van der Waals surface area contributed by atoms with E-state index in [1.807, 2.05) is 6.07 Å². The summed E-state index contributed by atoms with van der Waals surface area (Å²) in [7, 11) is -2.64. The minimum Gasteiger partial charge on any atom is -0.493 e. The van der Waals surface area contributed by atoms with Gasteiger partial charge in [-0.1, -0.05) is 12.1 Å². The Labute approximate surface area is 131 Å². The van der Waals surface area contributed by atoms with Gasteiger partial charge in [0.1, 0.15) is 4.90 Å². The summed E-state index contributed by atoms with van der Waals surface area (Å²) in [5.41, 5.74) is 0.345. The summed E-state index contributed by atoms with van der Waals surface area (Å²) >= 11 is 3.17. The van der Waals surface area contributed by atoms with Gasteiger partial charge in [-0.3, -0.25) is 0 Å². The number of rotatable bonds is 4. The zero-order chi connectivity index (χ0) is 15.5. The first-order valence-electron chi connectivity index (χ1n) is 5.75. The van der Waals surface area contributed by atoms with Crippen LogP contribution in [0.5, 0.6) is 11.5 Å². The highest BCUT2D eigenvalue weighted by Gasteiger charge is 2.21. The number of benzene rings is 2. The second-order valence-corrected chi connectivity index (χ2v) is 6.31. The molecule has 0 aromatic heterocycles. The lowest BCUT2D eigenvalue weighted by Gasteiger charge is -2.11. The number of hydrogen-bond acceptors (Lipinski definition) is 5. The van der Waals surface area contributed by atoms with Crippen LogP contribution in [0.1, 0.15) is 5.56 Å². The molecule has 2 aromatic carbocycles. The molecule has 108 valence electrons. The van der Waals surface area contributed by atoms with Gasteiger partial charge in [-0.25, -0.2) is 0 Å². The van der Waals surface area contributed by atoms with Gasteiger partial charge in [0.15, 0.2) is 11.5 Å². The van der Waals surface area contributed by atoms with Crippen molar-refractivity contribution in [3.8, 4) is 17.6 Å². The lowest BCUT2D eigenvalue weighted by atomic mass is 10.2. The maximum absolute atomic E-state index is 12.3. The quantitative estimate of drug-likeness (QED) is 0.776. The Bertz CT molecular complexity index is 812. The van der Waals surface area contributed by atoms with Crippen LogP contribution in [0.25, 0.3) is 0 Å². The van der Waals surface area contributed by atoms with E-state index >= 15 is 0 Å². The highest BCUT2D eigenvalue weighted by Crippen LogP contribution is 2.32. The van der Waals surface area contributed by atoms with Gasteiger partial charge in [0.25, 0.3) is 0 Å². The third kappa shape index (κ3) is 3.35. The Morgan fingerprint density at radius 2 is 1.86 bits per heavy atom. The van der Waals surface area contributed by atoms with E-state index in [0.29, 0.717) is 10.0 Å². The molecule has 0 saturated carbocycles. The van der Waals surface area contributed by atoms with Crippen molar-refractivity contribution in [1.29, 1.82) is 5.26 Å². The topological polar surface area (TPSA) is 76.4 Å². The van der Waals surface area contributed by atoms with Crippen LogP contribution in [0.15, 0.2) is 51.8 Å². The van der Waals surface area contributed by atoms with E-state index in [4.69, 9.17) is 14.2 Å². The van der Waals surface area contributed by atoms with Crippen molar-refractivity contribution in [1.82, 2.24) is 0 Å². The summed E-state index contributed by atoms with van der Waals surface area (Å²) < 4.78 is 35.1. The molecular weight excluding hydrogens is 358 g/mol. The monoisotopic (exact) mass is 367 g/mol. The molecule has 2 rings (SSSR count). The molecule has 21 heavy (non-hydrogen) atoms. The van der Waals surface area contributed by atoms with Gasteiger partial charge in [0.2, 0.25) is 0 Å². The molecule has 0 fully saturated rings. The van der Waals surface area contributed by atoms with E-state index in [1.165, 1.54) is 31.4 Å². The minimum atomic E-state index is -4.01. The van der Waals surface area contributed by atoms with Crippen LogP contribution in [-0.2, 0) is 10.1 Å². The fourth-order valence-corrected chi connectivity index (χ4v) is 3.51. The second-order valence-electron chi connectivity index (χ2n) is 3.95. The third-order valence-electron chi connectivity index (χ3n) is 2.60. The number of halogens is 1. The molecule has 0 aliphatic rings. The first-order valence-corrected chi connectivity index (χ1v) is 7.95. The number of hydrogen-bond donors (Lipinski definition) is 0. The van der Waals surface area contributed by atoms with Crippen molar-refractivity contribution in [3.05, 3.63) is 52.5 Å². The van der Waals surface area contributed by atoms with Crippen LogP contribution in [0.2, 0.25) is 0 Å². The van der Waals surface area contributed by atoms with Crippen molar-refractivity contribution in [2.75, 3.05) is 7.11 Å². The smallest absolute Gasteiger partial charge is 0.340 e. The molecule has 0 aliphatic heterocycles. The van der Waals surface area contributed by atoms with Crippen molar-refractivity contribution in [2.45, 2.75) is 4.90 Å². The van der Waals surface area contributed by atoms with Crippen LogP contribution >= 0.6 is 15.9 Å². The van der Waals surface area contributed by atoms with Crippen molar-refractivity contribution < 1.29 is 17.3 Å². The SMILES string of the molecule is COc1cc(C#N)ccc1OS(=O)(=O)c1ccccc1Br. The average Bonchev–Trinajstić information content (AvgIpc) is 2.47. The Balaban J connectivity index is 2.42. The van der Waals surface area contributed by atoms with Gasteiger partial charge in [-0.15, -0.1) is 0 Å². The zero-order valence-corrected chi connectivity index (χ0v) is 13.3. The summed E-state index contributed by atoms with van der Waals surface area (Å²) in [6, 6.07) is 12.5. The van der Waals surface area contributed by atoms with Crippen LogP contribution in [0.3, 0.4) is 0 Å². The number of nitrogens with zero attached hydrogens (tertiary/aromatic N) is 1. The molecule has 0 bridgehead atoms. The van der Waals surface area contributed by atoms with Crippen LogP contribution in [0.4, 0.5) is 0 Å². The molecule has 0 radical (unpaired) electrons. The number of nitriles is 1. The normalized spacial score (nSPS) is 10.7.